The van der Waals surface area contributed by atoms with Gasteiger partial charge in [-0.2, -0.15) is 0 Å². The van der Waals surface area contributed by atoms with Gasteiger partial charge >= 0.3 is 0 Å². The van der Waals surface area contributed by atoms with Gasteiger partial charge in [0.25, 0.3) is 0 Å². The summed E-state index contributed by atoms with van der Waals surface area (Å²) in [6, 6.07) is 22.4. The molecule has 0 N–H and O–H groups in total. The fourth-order valence-electron chi connectivity index (χ4n) is 4.64. The van der Waals surface area contributed by atoms with Gasteiger partial charge in [0.1, 0.15) is 5.82 Å². The highest BCUT2D eigenvalue weighted by Gasteiger charge is 2.21. The van der Waals surface area contributed by atoms with Crippen LogP contribution in [0.15, 0.2) is 72.9 Å². The molecule has 4 heteroatoms. The molecular weight excluding hydrogens is 387 g/mol. The van der Waals surface area contributed by atoms with E-state index in [1.165, 1.54) is 22.3 Å². The van der Waals surface area contributed by atoms with Gasteiger partial charge in [-0.15, -0.1) is 0 Å². The molecule has 0 aliphatic carbocycles. The lowest BCUT2D eigenvalue weighted by molar-refractivity contribution is 0.190. The van der Waals surface area contributed by atoms with Gasteiger partial charge in [-0.3, -0.25) is 0 Å². The van der Waals surface area contributed by atoms with E-state index in [0.29, 0.717) is 0 Å². The molecule has 0 bridgehead atoms. The van der Waals surface area contributed by atoms with E-state index in [-0.39, 0.29) is 5.82 Å². The van der Waals surface area contributed by atoms with E-state index in [0.717, 1.165) is 55.7 Å². The van der Waals surface area contributed by atoms with Gasteiger partial charge in [0.05, 0.1) is 11.2 Å². The predicted octanol–water partition coefficient (Wildman–Crippen LogP) is 6.05. The molecular formula is C27H27FN2O. The van der Waals surface area contributed by atoms with Crippen LogP contribution in [-0.4, -0.2) is 24.8 Å². The third-order valence-electron chi connectivity index (χ3n) is 6.24. The third kappa shape index (κ3) is 3.96. The molecule has 0 amide bonds. The summed E-state index contributed by atoms with van der Waals surface area (Å²) in [7, 11) is 1.73. The van der Waals surface area contributed by atoms with Crippen LogP contribution in [0, 0.1) is 5.82 Å². The largest absolute Gasteiger partial charge is 0.385 e. The minimum atomic E-state index is -0.187. The predicted molar refractivity (Wildman–Crippen MR) is 125 cm³/mol. The lowest BCUT2D eigenvalue weighted by Gasteiger charge is -2.30. The number of fused-ring (bicyclic) bond motifs is 2. The van der Waals surface area contributed by atoms with Crippen molar-refractivity contribution in [1.82, 2.24) is 4.57 Å². The van der Waals surface area contributed by atoms with Crippen molar-refractivity contribution < 1.29 is 9.13 Å². The molecule has 31 heavy (non-hydrogen) atoms. The van der Waals surface area contributed by atoms with E-state index in [1.54, 1.807) is 19.2 Å². The number of aromatic nitrogens is 1. The molecule has 1 aliphatic heterocycles. The zero-order valence-electron chi connectivity index (χ0n) is 17.9. The Morgan fingerprint density at radius 2 is 1.81 bits per heavy atom. The van der Waals surface area contributed by atoms with Crippen LogP contribution in [0.25, 0.3) is 22.0 Å². The highest BCUT2D eigenvalue weighted by Crippen LogP contribution is 2.34. The lowest BCUT2D eigenvalue weighted by atomic mass is 9.94. The minimum absolute atomic E-state index is 0.187. The van der Waals surface area contributed by atoms with E-state index in [1.807, 2.05) is 12.1 Å². The number of rotatable bonds is 6. The van der Waals surface area contributed by atoms with Crippen molar-refractivity contribution in [3.8, 4) is 11.1 Å². The van der Waals surface area contributed by atoms with Crippen molar-refractivity contribution in [3.05, 3.63) is 89.9 Å². The Labute approximate surface area is 182 Å². The number of aryl methyl sites for hydroxylation is 1. The molecule has 0 saturated carbocycles. The van der Waals surface area contributed by atoms with Crippen LogP contribution in [0.3, 0.4) is 0 Å². The highest BCUT2D eigenvalue weighted by molar-refractivity contribution is 5.93. The first-order chi connectivity index (χ1) is 15.2. The Morgan fingerprint density at radius 3 is 2.65 bits per heavy atom. The average Bonchev–Trinajstić information content (AvgIpc) is 3.16. The molecule has 2 heterocycles. The topological polar surface area (TPSA) is 17.4 Å². The van der Waals surface area contributed by atoms with Crippen LogP contribution in [0.4, 0.5) is 10.1 Å². The van der Waals surface area contributed by atoms with Crippen molar-refractivity contribution in [2.45, 2.75) is 25.9 Å². The minimum Gasteiger partial charge on any atom is -0.385 e. The molecule has 0 radical (unpaired) electrons. The molecule has 0 spiro atoms. The molecule has 0 atom stereocenters. The molecule has 5 rings (SSSR count). The van der Waals surface area contributed by atoms with Crippen LogP contribution in [-0.2, 0) is 24.2 Å². The molecule has 1 aromatic heterocycles. The Morgan fingerprint density at radius 1 is 0.935 bits per heavy atom. The number of methoxy groups -OCH3 is 1. The number of ether oxygens (including phenoxy) is 1. The van der Waals surface area contributed by atoms with Gasteiger partial charge in [-0.05, 0) is 53.3 Å². The monoisotopic (exact) mass is 414 g/mol. The smallest absolute Gasteiger partial charge is 0.124 e. The maximum atomic E-state index is 14.1. The van der Waals surface area contributed by atoms with Crippen molar-refractivity contribution in [1.29, 1.82) is 0 Å². The summed E-state index contributed by atoms with van der Waals surface area (Å²) in [5, 5.41) is 0.988. The van der Waals surface area contributed by atoms with Gasteiger partial charge in [0.2, 0.25) is 0 Å². The van der Waals surface area contributed by atoms with E-state index < -0.39 is 0 Å². The Bertz CT molecular complexity index is 1200. The fraction of sp³-hybridized carbons (Fsp3) is 0.259. The average molecular weight is 415 g/mol. The maximum absolute atomic E-state index is 14.1. The quantitative estimate of drug-likeness (QED) is 0.358. The number of benzene rings is 3. The second-order valence-corrected chi connectivity index (χ2v) is 8.24. The van der Waals surface area contributed by atoms with Gasteiger partial charge in [0, 0.05) is 44.9 Å². The molecule has 0 saturated heterocycles. The first kappa shape index (κ1) is 19.8. The Hall–Kier alpha value is -3.11. The number of hydrogen-bond acceptors (Lipinski definition) is 2. The number of nitrogens with zero attached hydrogens (tertiary/aromatic N) is 2. The number of halogens is 1. The van der Waals surface area contributed by atoms with E-state index >= 15 is 0 Å². The van der Waals surface area contributed by atoms with Gasteiger partial charge in [-0.1, -0.05) is 48.5 Å². The normalized spacial score (nSPS) is 13.5. The van der Waals surface area contributed by atoms with Crippen LogP contribution >= 0.6 is 0 Å². The number of hydrogen-bond donors (Lipinski definition) is 0. The summed E-state index contributed by atoms with van der Waals surface area (Å²) in [5.41, 5.74) is 7.48. The summed E-state index contributed by atoms with van der Waals surface area (Å²) in [5.74, 6) is -0.187. The molecule has 4 aromatic rings. The van der Waals surface area contributed by atoms with Crippen molar-refractivity contribution in [2.24, 2.45) is 0 Å². The van der Waals surface area contributed by atoms with Crippen molar-refractivity contribution in [2.75, 3.05) is 25.2 Å². The lowest BCUT2D eigenvalue weighted by Crippen LogP contribution is -2.30. The zero-order chi connectivity index (χ0) is 21.2. The zero-order valence-corrected chi connectivity index (χ0v) is 17.9. The van der Waals surface area contributed by atoms with Crippen LogP contribution < -0.4 is 4.90 Å². The fourth-order valence-corrected chi connectivity index (χ4v) is 4.64. The van der Waals surface area contributed by atoms with E-state index in [4.69, 9.17) is 4.74 Å². The SMILES string of the molecule is COCCCn1cc(N2CCc3cc(-c4ccccc4)ccc3C2)c2cc(F)ccc21. The second kappa shape index (κ2) is 8.56. The molecule has 1 aliphatic rings. The first-order valence-corrected chi connectivity index (χ1v) is 10.9. The van der Waals surface area contributed by atoms with Crippen LogP contribution in [0.2, 0.25) is 0 Å². The maximum Gasteiger partial charge on any atom is 0.124 e. The molecule has 0 fully saturated rings. The third-order valence-corrected chi connectivity index (χ3v) is 6.24. The van der Waals surface area contributed by atoms with Crippen molar-refractivity contribution in [3.63, 3.8) is 0 Å². The molecule has 3 aromatic carbocycles. The summed E-state index contributed by atoms with van der Waals surface area (Å²) in [4.78, 5) is 2.39. The summed E-state index contributed by atoms with van der Waals surface area (Å²) in [6.45, 7) is 3.36. The first-order valence-electron chi connectivity index (χ1n) is 10.9. The van der Waals surface area contributed by atoms with Gasteiger partial charge < -0.3 is 14.2 Å². The van der Waals surface area contributed by atoms with E-state index in [2.05, 4.69) is 58.1 Å². The molecule has 0 unspecified atom stereocenters. The number of anilines is 1. The molecule has 158 valence electrons. The van der Waals surface area contributed by atoms with Crippen molar-refractivity contribution >= 4 is 16.6 Å². The van der Waals surface area contributed by atoms with Gasteiger partial charge in [-0.25, -0.2) is 4.39 Å². The Kier molecular flexibility index (Phi) is 5.47. The van der Waals surface area contributed by atoms with Crippen LogP contribution in [0.5, 0.6) is 0 Å². The summed E-state index contributed by atoms with van der Waals surface area (Å²) < 4.78 is 21.5. The summed E-state index contributed by atoms with van der Waals surface area (Å²) in [6.07, 6.45) is 4.10. The van der Waals surface area contributed by atoms with Gasteiger partial charge in [0.15, 0.2) is 0 Å². The molecule has 3 nitrogen and oxygen atoms in total. The second-order valence-electron chi connectivity index (χ2n) is 8.24. The highest BCUT2D eigenvalue weighted by atomic mass is 19.1. The summed E-state index contributed by atoms with van der Waals surface area (Å²) >= 11 is 0. The van der Waals surface area contributed by atoms with E-state index in [9.17, 15) is 4.39 Å². The van der Waals surface area contributed by atoms with Crippen LogP contribution in [0.1, 0.15) is 17.5 Å². The Balaban J connectivity index is 1.45. The standard InChI is InChI=1S/C27H27FN2O/c1-31-15-5-13-29-19-27(25-17-24(28)10-11-26(25)29)30-14-12-22-16-21(8-9-23(22)18-30)20-6-3-2-4-7-20/h2-4,6-11,16-17,19H,5,12-15,18H2,1H3.